The molecule has 1 aromatic carbocycles. The van der Waals surface area contributed by atoms with Gasteiger partial charge in [-0.2, -0.15) is 0 Å². The number of aryl methyl sites for hydroxylation is 1. The van der Waals surface area contributed by atoms with Crippen LogP contribution in [0.3, 0.4) is 0 Å². The fraction of sp³-hybridized carbons (Fsp3) is 0.462. The molecule has 1 fully saturated rings. The molecule has 0 radical (unpaired) electrons. The van der Waals surface area contributed by atoms with Crippen LogP contribution in [0.1, 0.15) is 37.1 Å². The molecule has 3 rings (SSSR count). The topological polar surface area (TPSA) is 52.0 Å². The van der Waals surface area contributed by atoms with Crippen LogP contribution in [0.5, 0.6) is 0 Å². The quantitative estimate of drug-likeness (QED) is 0.797. The highest BCUT2D eigenvalue weighted by Gasteiger charge is 2.33. The van der Waals surface area contributed by atoms with Crippen LogP contribution in [0.4, 0.5) is 0 Å². The molecule has 1 saturated carbocycles. The van der Waals surface area contributed by atoms with E-state index in [2.05, 4.69) is 11.1 Å². The van der Waals surface area contributed by atoms with Crippen LogP contribution in [0.25, 0.3) is 11.1 Å². The highest BCUT2D eigenvalue weighted by Crippen LogP contribution is 2.39. The van der Waals surface area contributed by atoms with Gasteiger partial charge in [-0.1, -0.05) is 25.0 Å². The van der Waals surface area contributed by atoms with Crippen molar-refractivity contribution in [1.82, 2.24) is 4.98 Å². The molecule has 2 N–H and O–H groups in total. The molecular formula is C13H16N2O. The third kappa shape index (κ3) is 1.35. The maximum Gasteiger partial charge on any atom is 0.192 e. The second-order valence-corrected chi connectivity index (χ2v) is 4.75. The van der Waals surface area contributed by atoms with E-state index in [1.165, 1.54) is 12.8 Å². The molecule has 0 atom stereocenters. The third-order valence-electron chi connectivity index (χ3n) is 3.55. The van der Waals surface area contributed by atoms with Gasteiger partial charge in [0.25, 0.3) is 0 Å². The molecule has 0 bridgehead atoms. The Labute approximate surface area is 94.7 Å². The Morgan fingerprint density at radius 3 is 2.81 bits per heavy atom. The van der Waals surface area contributed by atoms with Gasteiger partial charge < -0.3 is 10.2 Å². The lowest BCUT2D eigenvalue weighted by Gasteiger charge is -2.23. The summed E-state index contributed by atoms with van der Waals surface area (Å²) in [6.07, 6.45) is 4.51. The van der Waals surface area contributed by atoms with Crippen molar-refractivity contribution in [2.24, 2.45) is 5.73 Å². The van der Waals surface area contributed by atoms with Gasteiger partial charge in [-0.05, 0) is 18.9 Å². The third-order valence-corrected chi connectivity index (χ3v) is 3.55. The summed E-state index contributed by atoms with van der Waals surface area (Å²) in [7, 11) is 0. The SMILES string of the molecule is Cc1nc2cccc(C3(N)CCCC3)c2o1. The van der Waals surface area contributed by atoms with Crippen molar-refractivity contribution < 1.29 is 4.42 Å². The van der Waals surface area contributed by atoms with Crippen LogP contribution in [0.2, 0.25) is 0 Å². The monoisotopic (exact) mass is 216 g/mol. The molecule has 0 unspecified atom stereocenters. The van der Waals surface area contributed by atoms with E-state index in [1.54, 1.807) is 0 Å². The predicted molar refractivity (Wildman–Crippen MR) is 63.1 cm³/mol. The van der Waals surface area contributed by atoms with E-state index >= 15 is 0 Å². The summed E-state index contributed by atoms with van der Waals surface area (Å²) in [5, 5.41) is 0. The summed E-state index contributed by atoms with van der Waals surface area (Å²) in [5.74, 6) is 0.712. The van der Waals surface area contributed by atoms with Crippen molar-refractivity contribution in [3.63, 3.8) is 0 Å². The minimum Gasteiger partial charge on any atom is -0.441 e. The number of aromatic nitrogens is 1. The molecule has 0 amide bonds. The maximum absolute atomic E-state index is 6.47. The second-order valence-electron chi connectivity index (χ2n) is 4.75. The lowest BCUT2D eigenvalue weighted by atomic mass is 9.89. The Hall–Kier alpha value is -1.35. The number of benzene rings is 1. The molecular weight excluding hydrogens is 200 g/mol. The predicted octanol–water partition coefficient (Wildman–Crippen LogP) is 2.86. The van der Waals surface area contributed by atoms with E-state index in [0.29, 0.717) is 5.89 Å². The highest BCUT2D eigenvalue weighted by atomic mass is 16.3. The van der Waals surface area contributed by atoms with Crippen LogP contribution < -0.4 is 5.73 Å². The summed E-state index contributed by atoms with van der Waals surface area (Å²) >= 11 is 0. The standard InChI is InChI=1S/C13H16N2O/c1-9-15-11-6-4-5-10(12(11)16-9)13(14)7-2-3-8-13/h4-6H,2-3,7-8,14H2,1H3. The molecule has 0 aliphatic heterocycles. The largest absolute Gasteiger partial charge is 0.441 e. The van der Waals surface area contributed by atoms with E-state index in [4.69, 9.17) is 10.2 Å². The minimum absolute atomic E-state index is 0.203. The first-order valence-electron chi connectivity index (χ1n) is 5.85. The molecule has 1 aromatic heterocycles. The van der Waals surface area contributed by atoms with Gasteiger partial charge in [0.15, 0.2) is 11.5 Å². The van der Waals surface area contributed by atoms with Crippen LogP contribution >= 0.6 is 0 Å². The average molecular weight is 216 g/mol. The number of para-hydroxylation sites is 1. The van der Waals surface area contributed by atoms with Crippen molar-refractivity contribution >= 4 is 11.1 Å². The minimum atomic E-state index is -0.203. The molecule has 0 spiro atoms. The van der Waals surface area contributed by atoms with Crippen LogP contribution in [0.15, 0.2) is 22.6 Å². The summed E-state index contributed by atoms with van der Waals surface area (Å²) in [6.45, 7) is 1.88. The first-order valence-corrected chi connectivity index (χ1v) is 5.85. The zero-order chi connectivity index (χ0) is 11.2. The number of hydrogen-bond acceptors (Lipinski definition) is 3. The van der Waals surface area contributed by atoms with Crippen molar-refractivity contribution in [3.8, 4) is 0 Å². The van der Waals surface area contributed by atoms with Gasteiger partial charge in [0.05, 0.1) is 0 Å². The van der Waals surface area contributed by atoms with Gasteiger partial charge in [-0.25, -0.2) is 4.98 Å². The number of fused-ring (bicyclic) bond motifs is 1. The molecule has 0 saturated heterocycles. The van der Waals surface area contributed by atoms with Crippen molar-refractivity contribution in [1.29, 1.82) is 0 Å². The van der Waals surface area contributed by atoms with E-state index in [0.717, 1.165) is 29.5 Å². The summed E-state index contributed by atoms with van der Waals surface area (Å²) < 4.78 is 5.69. The normalized spacial score (nSPS) is 19.4. The highest BCUT2D eigenvalue weighted by molar-refractivity contribution is 5.77. The van der Waals surface area contributed by atoms with Gasteiger partial charge >= 0.3 is 0 Å². The Morgan fingerprint density at radius 1 is 1.31 bits per heavy atom. The molecule has 3 nitrogen and oxygen atoms in total. The van der Waals surface area contributed by atoms with Crippen LogP contribution in [-0.2, 0) is 5.54 Å². The Kier molecular flexibility index (Phi) is 2.04. The average Bonchev–Trinajstić information content (AvgIpc) is 2.83. The number of nitrogens with two attached hydrogens (primary N) is 1. The smallest absolute Gasteiger partial charge is 0.192 e. The van der Waals surface area contributed by atoms with E-state index in [1.807, 2.05) is 19.1 Å². The Balaban J connectivity index is 2.22. The Morgan fingerprint density at radius 2 is 2.06 bits per heavy atom. The Bertz CT molecular complexity index is 524. The first-order chi connectivity index (χ1) is 7.69. The van der Waals surface area contributed by atoms with Crippen molar-refractivity contribution in [2.45, 2.75) is 38.1 Å². The lowest BCUT2D eigenvalue weighted by Crippen LogP contribution is -2.33. The zero-order valence-electron chi connectivity index (χ0n) is 9.49. The molecule has 16 heavy (non-hydrogen) atoms. The molecule has 84 valence electrons. The van der Waals surface area contributed by atoms with Crippen LogP contribution in [-0.4, -0.2) is 4.98 Å². The van der Waals surface area contributed by atoms with E-state index in [-0.39, 0.29) is 5.54 Å². The number of nitrogens with zero attached hydrogens (tertiary/aromatic N) is 1. The van der Waals surface area contributed by atoms with Gasteiger partial charge in [0, 0.05) is 18.0 Å². The molecule has 1 heterocycles. The van der Waals surface area contributed by atoms with Gasteiger partial charge in [-0.3, -0.25) is 0 Å². The van der Waals surface area contributed by atoms with Crippen molar-refractivity contribution in [3.05, 3.63) is 29.7 Å². The van der Waals surface area contributed by atoms with E-state index in [9.17, 15) is 0 Å². The number of hydrogen-bond donors (Lipinski definition) is 1. The first kappa shape index (κ1) is 9.85. The van der Waals surface area contributed by atoms with Gasteiger partial charge in [0.2, 0.25) is 0 Å². The molecule has 2 aromatic rings. The number of oxazole rings is 1. The van der Waals surface area contributed by atoms with Crippen molar-refractivity contribution in [2.75, 3.05) is 0 Å². The summed E-state index contributed by atoms with van der Waals surface area (Å²) in [5.41, 5.74) is 9.19. The fourth-order valence-corrected chi connectivity index (χ4v) is 2.73. The summed E-state index contributed by atoms with van der Waals surface area (Å²) in [6, 6.07) is 6.08. The van der Waals surface area contributed by atoms with Gasteiger partial charge in [0.1, 0.15) is 5.52 Å². The molecule has 1 aliphatic carbocycles. The number of rotatable bonds is 1. The fourth-order valence-electron chi connectivity index (χ4n) is 2.73. The van der Waals surface area contributed by atoms with Crippen LogP contribution in [0, 0.1) is 6.92 Å². The molecule has 1 aliphatic rings. The summed E-state index contributed by atoms with van der Waals surface area (Å²) in [4.78, 5) is 4.35. The van der Waals surface area contributed by atoms with E-state index < -0.39 is 0 Å². The molecule has 3 heteroatoms. The van der Waals surface area contributed by atoms with Gasteiger partial charge in [-0.15, -0.1) is 0 Å². The lowest BCUT2D eigenvalue weighted by molar-refractivity contribution is 0.453. The maximum atomic E-state index is 6.47. The second kappa shape index (κ2) is 3.32. The zero-order valence-corrected chi connectivity index (χ0v) is 9.49.